The Labute approximate surface area is 151 Å². The number of ether oxygens (including phenoxy) is 1. The smallest absolute Gasteiger partial charge is 0.407 e. The van der Waals surface area contributed by atoms with Crippen LogP contribution in [-0.2, 0) is 0 Å². The van der Waals surface area contributed by atoms with Gasteiger partial charge in [-0.25, -0.2) is 4.79 Å². The molecule has 1 fully saturated rings. The van der Waals surface area contributed by atoms with Crippen LogP contribution in [0.25, 0.3) is 5.57 Å². The predicted octanol–water partition coefficient (Wildman–Crippen LogP) is 4.68. The summed E-state index contributed by atoms with van der Waals surface area (Å²) >= 11 is 6.47. The van der Waals surface area contributed by atoms with E-state index in [-0.39, 0.29) is 0 Å². The van der Waals surface area contributed by atoms with E-state index in [2.05, 4.69) is 18.2 Å². The minimum absolute atomic E-state index is 0.462. The molecule has 0 atom stereocenters. The van der Waals surface area contributed by atoms with Crippen LogP contribution in [0, 0.1) is 0 Å². The lowest BCUT2D eigenvalue weighted by Crippen LogP contribution is -2.49. The van der Waals surface area contributed by atoms with Gasteiger partial charge in [0, 0.05) is 31.5 Å². The molecule has 4 rings (SSSR count). The zero-order valence-corrected chi connectivity index (χ0v) is 14.4. The number of carbonyl (C=O) groups is 1. The number of halogens is 1. The number of fused-ring (bicyclic) bond motifs is 1. The van der Waals surface area contributed by atoms with Crippen molar-refractivity contribution in [1.82, 2.24) is 4.90 Å². The highest BCUT2D eigenvalue weighted by molar-refractivity contribution is 6.33. The van der Waals surface area contributed by atoms with Gasteiger partial charge in [0.1, 0.15) is 11.4 Å². The van der Waals surface area contributed by atoms with Crippen molar-refractivity contribution in [3.05, 3.63) is 70.8 Å². The van der Waals surface area contributed by atoms with Crippen molar-refractivity contribution in [3.8, 4) is 5.75 Å². The van der Waals surface area contributed by atoms with Crippen molar-refractivity contribution in [1.29, 1.82) is 0 Å². The van der Waals surface area contributed by atoms with Crippen molar-refractivity contribution in [2.24, 2.45) is 0 Å². The minimum atomic E-state index is -0.874. The number of hydrogen-bond acceptors (Lipinski definition) is 2. The lowest BCUT2D eigenvalue weighted by atomic mass is 9.83. The number of likely N-dealkylation sites (tertiary alicyclic amines) is 1. The number of rotatable bonds is 1. The highest BCUT2D eigenvalue weighted by Crippen LogP contribution is 2.45. The minimum Gasteiger partial charge on any atom is -0.482 e. The molecule has 2 heterocycles. The van der Waals surface area contributed by atoms with Crippen LogP contribution < -0.4 is 4.74 Å². The van der Waals surface area contributed by atoms with Gasteiger partial charge in [-0.1, -0.05) is 48.0 Å². The SMILES string of the molecule is O=C(O)N1CCC2(C=C(c3ccccc3)c3c(Cl)cccc3O2)CC1. The maximum atomic E-state index is 11.2. The van der Waals surface area contributed by atoms with E-state index in [0.717, 1.165) is 22.4 Å². The Morgan fingerprint density at radius 2 is 1.80 bits per heavy atom. The second kappa shape index (κ2) is 6.12. The third-order valence-corrected chi connectivity index (χ3v) is 5.25. The molecule has 0 saturated carbocycles. The topological polar surface area (TPSA) is 49.8 Å². The summed E-state index contributed by atoms with van der Waals surface area (Å²) in [7, 11) is 0. The van der Waals surface area contributed by atoms with Gasteiger partial charge in [0.15, 0.2) is 0 Å². The molecule has 128 valence electrons. The van der Waals surface area contributed by atoms with E-state index in [0.29, 0.717) is 31.0 Å². The van der Waals surface area contributed by atoms with Crippen molar-refractivity contribution in [2.45, 2.75) is 18.4 Å². The van der Waals surface area contributed by atoms with E-state index in [1.807, 2.05) is 36.4 Å². The Hall–Kier alpha value is -2.46. The molecule has 1 amide bonds. The molecule has 2 aliphatic rings. The lowest BCUT2D eigenvalue weighted by molar-refractivity contribution is 0.0397. The van der Waals surface area contributed by atoms with Gasteiger partial charge < -0.3 is 14.7 Å². The van der Waals surface area contributed by atoms with Crippen LogP contribution in [-0.4, -0.2) is 34.8 Å². The first kappa shape index (κ1) is 16.0. The summed E-state index contributed by atoms with van der Waals surface area (Å²) in [6.07, 6.45) is 2.51. The lowest BCUT2D eigenvalue weighted by Gasteiger charge is -2.42. The second-order valence-corrected chi connectivity index (χ2v) is 6.88. The molecule has 2 aliphatic heterocycles. The summed E-state index contributed by atoms with van der Waals surface area (Å²) in [6.45, 7) is 0.924. The van der Waals surface area contributed by atoms with Gasteiger partial charge in [0.2, 0.25) is 0 Å². The molecule has 25 heavy (non-hydrogen) atoms. The predicted molar refractivity (Wildman–Crippen MR) is 97.2 cm³/mol. The molecule has 2 aromatic rings. The molecule has 0 bridgehead atoms. The van der Waals surface area contributed by atoms with Gasteiger partial charge >= 0.3 is 6.09 Å². The van der Waals surface area contributed by atoms with Crippen molar-refractivity contribution >= 4 is 23.3 Å². The highest BCUT2D eigenvalue weighted by atomic mass is 35.5. The molecule has 1 N–H and O–H groups in total. The summed E-state index contributed by atoms with van der Waals surface area (Å²) in [5.74, 6) is 0.762. The molecule has 0 unspecified atom stereocenters. The molecule has 0 radical (unpaired) electrons. The Morgan fingerprint density at radius 1 is 1.08 bits per heavy atom. The van der Waals surface area contributed by atoms with Gasteiger partial charge in [0.05, 0.1) is 5.02 Å². The van der Waals surface area contributed by atoms with E-state index in [4.69, 9.17) is 16.3 Å². The second-order valence-electron chi connectivity index (χ2n) is 6.47. The normalized spacial score (nSPS) is 18.3. The van der Waals surface area contributed by atoms with E-state index in [1.54, 1.807) is 0 Å². The fourth-order valence-corrected chi connectivity index (χ4v) is 3.87. The maximum Gasteiger partial charge on any atom is 0.407 e. The number of nitrogens with zero attached hydrogens (tertiary/aromatic N) is 1. The Kier molecular flexibility index (Phi) is 3.92. The van der Waals surface area contributed by atoms with Crippen LogP contribution in [0.5, 0.6) is 5.75 Å². The Bertz CT molecular complexity index is 839. The average molecular weight is 356 g/mol. The molecular weight excluding hydrogens is 338 g/mol. The van der Waals surface area contributed by atoms with Crippen LogP contribution in [0.1, 0.15) is 24.0 Å². The first-order valence-electron chi connectivity index (χ1n) is 8.32. The number of amides is 1. The molecule has 0 aromatic heterocycles. The third-order valence-electron chi connectivity index (χ3n) is 4.93. The summed E-state index contributed by atoms with van der Waals surface area (Å²) in [4.78, 5) is 12.6. The molecule has 0 aliphatic carbocycles. The summed E-state index contributed by atoms with van der Waals surface area (Å²) in [5, 5.41) is 9.86. The van der Waals surface area contributed by atoms with Crippen LogP contribution in [0.15, 0.2) is 54.6 Å². The first-order chi connectivity index (χ1) is 12.1. The first-order valence-corrected chi connectivity index (χ1v) is 8.70. The van der Waals surface area contributed by atoms with Gasteiger partial charge in [0.25, 0.3) is 0 Å². The van der Waals surface area contributed by atoms with E-state index >= 15 is 0 Å². The largest absolute Gasteiger partial charge is 0.482 e. The summed E-state index contributed by atoms with van der Waals surface area (Å²) < 4.78 is 6.34. The van der Waals surface area contributed by atoms with Crippen molar-refractivity contribution in [2.75, 3.05) is 13.1 Å². The van der Waals surface area contributed by atoms with Crippen LogP contribution in [0.3, 0.4) is 0 Å². The van der Waals surface area contributed by atoms with Gasteiger partial charge in [-0.3, -0.25) is 0 Å². The monoisotopic (exact) mass is 355 g/mol. The maximum absolute atomic E-state index is 11.2. The van der Waals surface area contributed by atoms with Gasteiger partial charge in [-0.2, -0.15) is 0 Å². The third kappa shape index (κ3) is 2.87. The summed E-state index contributed by atoms with van der Waals surface area (Å²) in [6, 6.07) is 15.8. The molecule has 2 aromatic carbocycles. The fraction of sp³-hybridized carbons (Fsp3) is 0.250. The van der Waals surface area contributed by atoms with Crippen molar-refractivity contribution < 1.29 is 14.6 Å². The number of piperidine rings is 1. The Morgan fingerprint density at radius 3 is 2.48 bits per heavy atom. The molecule has 5 heteroatoms. The van der Waals surface area contributed by atoms with Crippen LogP contribution in [0.2, 0.25) is 5.02 Å². The Balaban J connectivity index is 1.79. The quantitative estimate of drug-likeness (QED) is 0.808. The standard InChI is InChI=1S/C20H18ClNO3/c21-16-7-4-8-17-18(16)15(14-5-2-1-3-6-14)13-20(25-17)9-11-22(12-10-20)19(23)24/h1-8,13H,9-12H2,(H,23,24). The average Bonchev–Trinajstić information content (AvgIpc) is 2.62. The molecule has 4 nitrogen and oxygen atoms in total. The van der Waals surface area contributed by atoms with Crippen molar-refractivity contribution in [3.63, 3.8) is 0 Å². The van der Waals surface area contributed by atoms with Crippen LogP contribution in [0.4, 0.5) is 4.79 Å². The zero-order valence-electron chi connectivity index (χ0n) is 13.6. The number of carboxylic acid groups (broad SMARTS) is 1. The summed E-state index contributed by atoms with van der Waals surface area (Å²) in [5.41, 5.74) is 2.55. The molecule has 1 saturated heterocycles. The number of benzene rings is 2. The van der Waals surface area contributed by atoms with E-state index < -0.39 is 11.7 Å². The van der Waals surface area contributed by atoms with Gasteiger partial charge in [-0.05, 0) is 29.3 Å². The van der Waals surface area contributed by atoms with E-state index in [1.165, 1.54) is 4.90 Å². The highest BCUT2D eigenvalue weighted by Gasteiger charge is 2.40. The molecule has 1 spiro atoms. The van der Waals surface area contributed by atoms with Gasteiger partial charge in [-0.15, -0.1) is 0 Å². The fourth-order valence-electron chi connectivity index (χ4n) is 3.60. The van der Waals surface area contributed by atoms with E-state index in [9.17, 15) is 9.90 Å². The number of hydrogen-bond donors (Lipinski definition) is 1. The zero-order chi connectivity index (χ0) is 17.4. The molecular formula is C20H18ClNO3. The van der Waals surface area contributed by atoms with Crippen LogP contribution >= 0.6 is 11.6 Å².